The second-order valence-corrected chi connectivity index (χ2v) is 22.0. The van der Waals surface area contributed by atoms with Crippen molar-refractivity contribution >= 4 is 18.4 Å². The van der Waals surface area contributed by atoms with E-state index >= 15 is 0 Å². The number of methoxy groups -OCH3 is 1. The Morgan fingerprint density at radius 1 is 0.852 bits per heavy atom. The van der Waals surface area contributed by atoms with Crippen LogP contribution in [0.3, 0.4) is 0 Å². The van der Waals surface area contributed by atoms with E-state index in [-0.39, 0.29) is 0 Å². The second-order valence-electron chi connectivity index (χ2n) is 8.33. The van der Waals surface area contributed by atoms with Gasteiger partial charge in [0, 0.05) is 0 Å². The molecule has 0 unspecified atom stereocenters. The average Bonchev–Trinajstić information content (AvgIpc) is 2.69. The van der Waals surface area contributed by atoms with E-state index in [0.29, 0.717) is 16.8 Å². The van der Waals surface area contributed by atoms with Crippen molar-refractivity contribution < 1.29 is 9.47 Å². The molecule has 0 amide bonds. The molecule has 0 radical (unpaired) electrons. The number of unbranched alkanes of at least 4 members (excludes halogenated alkanes) is 3. The van der Waals surface area contributed by atoms with Crippen molar-refractivity contribution in [3.05, 3.63) is 35.9 Å². The summed E-state index contributed by atoms with van der Waals surface area (Å²) < 4.78 is 16.9. The molecule has 27 heavy (non-hydrogen) atoms. The molecule has 0 saturated heterocycles. The molecule has 0 aliphatic rings. The first-order valence-corrected chi connectivity index (χ1v) is 19.0. The van der Waals surface area contributed by atoms with E-state index in [2.05, 4.69) is 58.0 Å². The van der Waals surface area contributed by atoms with Gasteiger partial charge >= 0.3 is 174 Å². The van der Waals surface area contributed by atoms with Gasteiger partial charge in [-0.2, -0.15) is 0 Å². The van der Waals surface area contributed by atoms with Crippen LogP contribution in [0, 0.1) is 5.92 Å². The molecule has 0 aliphatic heterocycles. The van der Waals surface area contributed by atoms with Gasteiger partial charge < -0.3 is 0 Å². The summed E-state index contributed by atoms with van der Waals surface area (Å²) in [5.41, 5.74) is 1.44. The summed E-state index contributed by atoms with van der Waals surface area (Å²) in [6.45, 7) is 9.91. The molecule has 3 heteroatoms. The van der Waals surface area contributed by atoms with Crippen molar-refractivity contribution in [2.45, 2.75) is 90.1 Å². The second kappa shape index (κ2) is 14.9. The van der Waals surface area contributed by atoms with Gasteiger partial charge in [0.1, 0.15) is 0 Å². The number of hydrogen-bond acceptors (Lipinski definition) is 2. The number of benzene rings is 1. The first kappa shape index (κ1) is 25.0. The fourth-order valence-electron chi connectivity index (χ4n) is 4.57. The van der Waals surface area contributed by atoms with Crippen LogP contribution in [0.2, 0.25) is 13.3 Å². The third-order valence-corrected chi connectivity index (χ3v) is 23.1. The van der Waals surface area contributed by atoms with E-state index in [1.54, 1.807) is 7.11 Å². The molecule has 0 aliphatic carbocycles. The molecular weight excluding hydrogens is 439 g/mol. The number of ether oxygens (including phenoxy) is 2. The van der Waals surface area contributed by atoms with Gasteiger partial charge in [-0.05, 0) is 0 Å². The predicted octanol–water partition coefficient (Wildman–Crippen LogP) is 7.24. The van der Waals surface area contributed by atoms with Gasteiger partial charge in [0.15, 0.2) is 0 Å². The summed E-state index contributed by atoms with van der Waals surface area (Å²) in [7, 11) is 1.76. The summed E-state index contributed by atoms with van der Waals surface area (Å²) in [6.07, 6.45) is 9.19. The van der Waals surface area contributed by atoms with Crippen molar-refractivity contribution in [2.75, 3.05) is 13.9 Å². The first-order valence-electron chi connectivity index (χ1n) is 11.3. The van der Waals surface area contributed by atoms with E-state index in [9.17, 15) is 0 Å². The molecular formula is C24H44O2Sn. The maximum absolute atomic E-state index is 6.55. The molecule has 0 heterocycles. The van der Waals surface area contributed by atoms with E-state index in [1.165, 1.54) is 57.4 Å². The van der Waals surface area contributed by atoms with Gasteiger partial charge in [0.05, 0.1) is 0 Å². The minimum absolute atomic E-state index is 0.451. The third-order valence-electron chi connectivity index (χ3n) is 5.97. The first-order chi connectivity index (χ1) is 13.1. The number of rotatable bonds is 16. The molecule has 1 aromatic carbocycles. The van der Waals surface area contributed by atoms with Crippen LogP contribution in [0.4, 0.5) is 0 Å². The third kappa shape index (κ3) is 8.87. The average molecular weight is 483 g/mol. The fraction of sp³-hybridized carbons (Fsp3) is 0.750. The van der Waals surface area contributed by atoms with Gasteiger partial charge in [-0.25, -0.2) is 0 Å². The quantitative estimate of drug-likeness (QED) is 0.182. The predicted molar refractivity (Wildman–Crippen MR) is 121 cm³/mol. The molecule has 0 bridgehead atoms. The summed E-state index contributed by atoms with van der Waals surface area (Å²) in [5, 5.41) is 0. The molecule has 1 rings (SSSR count). The minimum atomic E-state index is -2.47. The standard InChI is InChI=1S/C12H17O2.3C4H9.Sn/c1-11(9-14-10-13-2)8-12-6-4-3-5-7-12;3*1-3-4-2;/h3-7,9,11H,8,10H2,1-2H3;3*1,3-4H2,2H3;/t11-;;;;/m0..../s1. The van der Waals surface area contributed by atoms with Crippen molar-refractivity contribution in [3.63, 3.8) is 0 Å². The topological polar surface area (TPSA) is 18.5 Å². The molecule has 0 spiro atoms. The van der Waals surface area contributed by atoms with Crippen molar-refractivity contribution in [2.24, 2.45) is 5.92 Å². The van der Waals surface area contributed by atoms with E-state index in [4.69, 9.17) is 9.47 Å². The molecule has 1 aromatic rings. The zero-order valence-electron chi connectivity index (χ0n) is 18.6. The Balaban J connectivity index is 3.11. The van der Waals surface area contributed by atoms with Crippen LogP contribution in [-0.2, 0) is 15.9 Å². The monoisotopic (exact) mass is 484 g/mol. The molecule has 2 atom stereocenters. The number of hydrogen-bond donors (Lipinski definition) is 0. The maximum atomic E-state index is 6.55. The summed E-state index contributed by atoms with van der Waals surface area (Å²) >= 11 is -2.47. The van der Waals surface area contributed by atoms with Crippen LogP contribution in [0.15, 0.2) is 30.3 Å². The molecule has 2 nitrogen and oxygen atoms in total. The van der Waals surface area contributed by atoms with Crippen LogP contribution >= 0.6 is 0 Å². The zero-order valence-corrected chi connectivity index (χ0v) is 21.5. The van der Waals surface area contributed by atoms with Gasteiger partial charge in [-0.15, -0.1) is 0 Å². The molecule has 0 N–H and O–H groups in total. The van der Waals surface area contributed by atoms with E-state index < -0.39 is 18.4 Å². The summed E-state index contributed by atoms with van der Waals surface area (Å²) in [5.74, 6) is 0.573. The van der Waals surface area contributed by atoms with Crippen LogP contribution in [0.5, 0.6) is 0 Å². The van der Waals surface area contributed by atoms with Crippen molar-refractivity contribution in [3.8, 4) is 0 Å². The Hall–Kier alpha value is -0.0613. The zero-order chi connectivity index (χ0) is 20.0. The van der Waals surface area contributed by atoms with Gasteiger partial charge in [0.2, 0.25) is 0 Å². The SMILES string of the molecule is CCC[CH2][Sn]([CH2]CCC)([CH2]CCC)[C@H](OCOC)[C@@H](C)Cc1ccccc1. The van der Waals surface area contributed by atoms with Gasteiger partial charge in [-0.1, -0.05) is 0 Å². The fourth-order valence-corrected chi connectivity index (χ4v) is 23.2. The van der Waals surface area contributed by atoms with Crippen LogP contribution in [-0.4, -0.2) is 36.4 Å². The molecule has 0 aromatic heterocycles. The summed E-state index contributed by atoms with van der Waals surface area (Å²) in [6, 6.07) is 11.0. The normalized spacial score (nSPS) is 14.3. The van der Waals surface area contributed by atoms with E-state index in [1.807, 2.05) is 0 Å². The van der Waals surface area contributed by atoms with E-state index in [0.717, 1.165) is 6.42 Å². The Bertz CT molecular complexity index is 441. The Morgan fingerprint density at radius 3 is 1.81 bits per heavy atom. The Kier molecular flexibility index (Phi) is 13.8. The Morgan fingerprint density at radius 2 is 1.37 bits per heavy atom. The molecule has 156 valence electrons. The molecule has 0 saturated carbocycles. The summed E-state index contributed by atoms with van der Waals surface area (Å²) in [4.78, 5) is 0. The van der Waals surface area contributed by atoms with Crippen LogP contribution in [0.1, 0.15) is 71.8 Å². The van der Waals surface area contributed by atoms with Gasteiger partial charge in [0.25, 0.3) is 0 Å². The van der Waals surface area contributed by atoms with Gasteiger partial charge in [-0.3, -0.25) is 0 Å². The van der Waals surface area contributed by atoms with Crippen molar-refractivity contribution in [1.29, 1.82) is 0 Å². The molecule has 0 fully saturated rings. The Labute approximate surface area is 173 Å². The van der Waals surface area contributed by atoms with Crippen LogP contribution in [0.25, 0.3) is 0 Å². The van der Waals surface area contributed by atoms with Crippen LogP contribution < -0.4 is 0 Å². The van der Waals surface area contributed by atoms with Crippen molar-refractivity contribution in [1.82, 2.24) is 0 Å².